The number of anilines is 1. The van der Waals surface area contributed by atoms with Gasteiger partial charge in [0.1, 0.15) is 10.6 Å². The van der Waals surface area contributed by atoms with Crippen LogP contribution in [0, 0.1) is 0 Å². The molecule has 10 heteroatoms. The first-order chi connectivity index (χ1) is 14.8. The summed E-state index contributed by atoms with van der Waals surface area (Å²) in [6.45, 7) is 2.66. The van der Waals surface area contributed by atoms with Gasteiger partial charge in [-0.2, -0.15) is 0 Å². The van der Waals surface area contributed by atoms with E-state index in [1.807, 2.05) is 0 Å². The first-order valence-corrected chi connectivity index (χ1v) is 11.3. The zero-order valence-corrected chi connectivity index (χ0v) is 18.4. The molecule has 2 aromatic rings. The average Bonchev–Trinajstić information content (AvgIpc) is 2.74. The summed E-state index contributed by atoms with van der Waals surface area (Å²) in [6.07, 6.45) is 0.390. The molecular formula is C21H28N2O7S. The van der Waals surface area contributed by atoms with Gasteiger partial charge < -0.3 is 24.6 Å². The lowest BCUT2D eigenvalue weighted by Crippen LogP contribution is -2.30. The lowest BCUT2D eigenvalue weighted by Gasteiger charge is -2.28. The molecule has 0 aliphatic carbocycles. The Morgan fingerprint density at radius 1 is 1.16 bits per heavy atom. The highest BCUT2D eigenvalue weighted by Crippen LogP contribution is 2.39. The molecule has 3 N–H and O–H groups in total. The lowest BCUT2D eigenvalue weighted by atomic mass is 10.1. The van der Waals surface area contributed by atoms with Crippen molar-refractivity contribution in [1.29, 1.82) is 0 Å². The second-order valence-electron chi connectivity index (χ2n) is 6.60. The van der Waals surface area contributed by atoms with Crippen LogP contribution >= 0.6 is 0 Å². The molecule has 0 radical (unpaired) electrons. The molecular weight excluding hydrogens is 424 g/mol. The van der Waals surface area contributed by atoms with E-state index in [4.69, 9.17) is 9.47 Å². The zero-order chi connectivity index (χ0) is 22.9. The maximum absolute atomic E-state index is 13.0. The summed E-state index contributed by atoms with van der Waals surface area (Å²) < 4.78 is 39.5. The van der Waals surface area contributed by atoms with Gasteiger partial charge in [0.25, 0.3) is 0 Å². The van der Waals surface area contributed by atoms with Crippen LogP contribution in [0.15, 0.2) is 47.4 Å². The van der Waals surface area contributed by atoms with E-state index < -0.39 is 16.0 Å². The zero-order valence-electron chi connectivity index (χ0n) is 17.6. The summed E-state index contributed by atoms with van der Waals surface area (Å²) in [4.78, 5) is 13.2. The van der Waals surface area contributed by atoms with Crippen molar-refractivity contribution in [2.24, 2.45) is 0 Å². The molecule has 0 unspecified atom stereocenters. The molecule has 0 amide bonds. The monoisotopic (exact) mass is 452 g/mol. The summed E-state index contributed by atoms with van der Waals surface area (Å²) >= 11 is 0. The van der Waals surface area contributed by atoms with Gasteiger partial charge in [-0.25, -0.2) is 17.9 Å². The number of benzene rings is 2. The van der Waals surface area contributed by atoms with Gasteiger partial charge in [-0.3, -0.25) is 0 Å². The Bertz CT molecular complexity index is 957. The first kappa shape index (κ1) is 24.6. The Kier molecular flexibility index (Phi) is 9.25. The number of sulfonamides is 1. The Morgan fingerprint density at radius 2 is 1.87 bits per heavy atom. The standard InChI is InChI=1S/C21H28N2O7S/c1-3-22-31(27,28)19-15-16(21(25)26)14-18(23(10-7-12-24)11-13-29-2)20(19)30-17-8-5-4-6-9-17/h4-6,8-9,14-15,22,24H,3,7,10-13H2,1-2H3,(H,25,26). The van der Waals surface area contributed by atoms with Crippen LogP contribution in [-0.4, -0.2) is 64.6 Å². The van der Waals surface area contributed by atoms with Crippen molar-refractivity contribution in [3.8, 4) is 11.5 Å². The van der Waals surface area contributed by atoms with E-state index in [1.54, 1.807) is 42.2 Å². The van der Waals surface area contributed by atoms with Crippen LogP contribution in [0.5, 0.6) is 11.5 Å². The number of rotatable bonds is 13. The van der Waals surface area contributed by atoms with Crippen molar-refractivity contribution < 1.29 is 32.9 Å². The molecule has 0 spiro atoms. The maximum atomic E-state index is 13.0. The van der Waals surface area contributed by atoms with Crippen molar-refractivity contribution in [3.05, 3.63) is 48.0 Å². The molecule has 0 aromatic heterocycles. The number of hydrogen-bond acceptors (Lipinski definition) is 7. The minimum Gasteiger partial charge on any atom is -0.478 e. The molecule has 0 saturated heterocycles. The van der Waals surface area contributed by atoms with E-state index in [-0.39, 0.29) is 35.0 Å². The SMILES string of the molecule is CCNS(=O)(=O)c1cc(C(=O)O)cc(N(CCCO)CCOC)c1Oc1ccccc1. The number of methoxy groups -OCH3 is 1. The van der Waals surface area contributed by atoms with Gasteiger partial charge in [-0.1, -0.05) is 25.1 Å². The van der Waals surface area contributed by atoms with Crippen LogP contribution in [0.25, 0.3) is 0 Å². The number of aromatic carboxylic acids is 1. The minimum atomic E-state index is -4.06. The first-order valence-electron chi connectivity index (χ1n) is 9.82. The Hall–Kier alpha value is -2.66. The van der Waals surface area contributed by atoms with E-state index in [1.165, 1.54) is 13.2 Å². The number of carboxylic acids is 1. The van der Waals surface area contributed by atoms with Crippen molar-refractivity contribution >= 4 is 21.7 Å². The summed E-state index contributed by atoms with van der Waals surface area (Å²) in [6, 6.07) is 11.1. The number of aliphatic hydroxyl groups is 1. The van der Waals surface area contributed by atoms with E-state index in [0.717, 1.165) is 6.07 Å². The number of hydrogen-bond donors (Lipinski definition) is 3. The summed E-state index contributed by atoms with van der Waals surface area (Å²) in [5.74, 6) is -0.867. The van der Waals surface area contributed by atoms with Gasteiger partial charge in [0.15, 0.2) is 5.75 Å². The van der Waals surface area contributed by atoms with Gasteiger partial charge in [0.05, 0.1) is 17.9 Å². The molecule has 9 nitrogen and oxygen atoms in total. The highest BCUT2D eigenvalue weighted by molar-refractivity contribution is 7.89. The summed E-state index contributed by atoms with van der Waals surface area (Å²) in [5.41, 5.74) is 0.0871. The molecule has 0 aliphatic heterocycles. The largest absolute Gasteiger partial charge is 0.478 e. The third-order valence-corrected chi connectivity index (χ3v) is 5.91. The molecule has 170 valence electrons. The molecule has 31 heavy (non-hydrogen) atoms. The maximum Gasteiger partial charge on any atom is 0.335 e. The van der Waals surface area contributed by atoms with Gasteiger partial charge >= 0.3 is 5.97 Å². The molecule has 0 atom stereocenters. The van der Waals surface area contributed by atoms with Crippen LogP contribution in [0.3, 0.4) is 0 Å². The number of nitrogens with zero attached hydrogens (tertiary/aromatic N) is 1. The quantitative estimate of drug-likeness (QED) is 0.423. The van der Waals surface area contributed by atoms with Crippen LogP contribution in [0.1, 0.15) is 23.7 Å². The average molecular weight is 453 g/mol. The van der Waals surface area contributed by atoms with Crippen LogP contribution in [0.2, 0.25) is 0 Å². The molecule has 0 heterocycles. The number of para-hydroxylation sites is 1. The van der Waals surface area contributed by atoms with Crippen molar-refractivity contribution in [2.75, 3.05) is 44.9 Å². The third-order valence-electron chi connectivity index (χ3n) is 4.36. The number of carboxylic acid groups (broad SMARTS) is 1. The molecule has 2 rings (SSSR count). The molecule has 0 bridgehead atoms. The normalized spacial score (nSPS) is 11.3. The summed E-state index contributed by atoms with van der Waals surface area (Å²) in [7, 11) is -2.53. The fraction of sp³-hybridized carbons (Fsp3) is 0.381. The third kappa shape index (κ3) is 6.66. The van der Waals surface area contributed by atoms with E-state index in [9.17, 15) is 23.4 Å². The number of carbonyl (C=O) groups is 1. The van der Waals surface area contributed by atoms with Crippen LogP contribution < -0.4 is 14.4 Å². The van der Waals surface area contributed by atoms with Gasteiger partial charge in [0, 0.05) is 33.4 Å². The number of aliphatic hydroxyl groups excluding tert-OH is 1. The van der Waals surface area contributed by atoms with E-state index in [0.29, 0.717) is 31.9 Å². The smallest absolute Gasteiger partial charge is 0.335 e. The van der Waals surface area contributed by atoms with Gasteiger partial charge in [-0.15, -0.1) is 0 Å². The van der Waals surface area contributed by atoms with Crippen LogP contribution in [0.4, 0.5) is 5.69 Å². The fourth-order valence-corrected chi connectivity index (χ4v) is 4.15. The summed E-state index contributed by atoms with van der Waals surface area (Å²) in [5, 5.41) is 18.9. The highest BCUT2D eigenvalue weighted by Gasteiger charge is 2.27. The molecule has 0 aliphatic rings. The highest BCUT2D eigenvalue weighted by atomic mass is 32.2. The number of ether oxygens (including phenoxy) is 2. The molecule has 0 fully saturated rings. The number of nitrogens with one attached hydrogen (secondary N) is 1. The topological polar surface area (TPSA) is 125 Å². The van der Waals surface area contributed by atoms with Crippen molar-refractivity contribution in [2.45, 2.75) is 18.2 Å². The van der Waals surface area contributed by atoms with Crippen LogP contribution in [-0.2, 0) is 14.8 Å². The van der Waals surface area contributed by atoms with Crippen molar-refractivity contribution in [3.63, 3.8) is 0 Å². The predicted molar refractivity (Wildman–Crippen MR) is 117 cm³/mol. The Labute approximate surface area is 182 Å². The van der Waals surface area contributed by atoms with E-state index in [2.05, 4.69) is 4.72 Å². The second kappa shape index (κ2) is 11.7. The predicted octanol–water partition coefficient (Wildman–Crippen LogP) is 2.31. The molecule has 0 saturated carbocycles. The Morgan fingerprint density at radius 3 is 2.45 bits per heavy atom. The van der Waals surface area contributed by atoms with Gasteiger partial charge in [0.2, 0.25) is 10.0 Å². The lowest BCUT2D eigenvalue weighted by molar-refractivity contribution is 0.0696. The van der Waals surface area contributed by atoms with E-state index >= 15 is 0 Å². The van der Waals surface area contributed by atoms with Crippen molar-refractivity contribution in [1.82, 2.24) is 4.72 Å². The molecule has 2 aromatic carbocycles. The second-order valence-corrected chi connectivity index (χ2v) is 8.34. The van der Waals surface area contributed by atoms with Gasteiger partial charge in [-0.05, 0) is 30.7 Å². The Balaban J connectivity index is 2.76. The minimum absolute atomic E-state index is 0.00573. The fourth-order valence-electron chi connectivity index (χ4n) is 2.94.